The van der Waals surface area contributed by atoms with Gasteiger partial charge in [-0.3, -0.25) is 23.7 Å². The number of hydrogen-bond acceptors (Lipinski definition) is 5. The van der Waals surface area contributed by atoms with Crippen LogP contribution in [0.3, 0.4) is 0 Å². The van der Waals surface area contributed by atoms with E-state index < -0.39 is 42.7 Å². The molecule has 2 fully saturated rings. The monoisotopic (exact) mass is 643 g/mol. The first-order valence-corrected chi connectivity index (χ1v) is 16.2. The molecule has 0 radical (unpaired) electrons. The minimum atomic E-state index is -5.80. The lowest BCUT2D eigenvalue weighted by Gasteiger charge is -2.39. The number of benzene rings is 2. The van der Waals surface area contributed by atoms with Crippen molar-refractivity contribution < 1.29 is 42.3 Å². The molecule has 3 aromatic rings. The van der Waals surface area contributed by atoms with Crippen molar-refractivity contribution in [1.29, 1.82) is 0 Å². The maximum Gasteiger partial charge on any atom is 0.399 e. The summed E-state index contributed by atoms with van der Waals surface area (Å²) >= 11 is 0. The Morgan fingerprint density at radius 1 is 1.00 bits per heavy atom. The summed E-state index contributed by atoms with van der Waals surface area (Å²) in [6.45, 7) is 2.46. The third-order valence-electron chi connectivity index (χ3n) is 8.96. The van der Waals surface area contributed by atoms with Gasteiger partial charge in [-0.05, 0) is 48.6 Å². The molecule has 3 aliphatic rings. The van der Waals surface area contributed by atoms with Gasteiger partial charge in [0.15, 0.2) is 0 Å². The van der Waals surface area contributed by atoms with E-state index in [0.717, 1.165) is 23.3 Å². The number of rotatable bonds is 5. The molecule has 3 atom stereocenters. The van der Waals surface area contributed by atoms with Crippen LogP contribution in [-0.2, 0) is 37.7 Å². The molecule has 45 heavy (non-hydrogen) atoms. The highest BCUT2D eigenvalue weighted by Crippen LogP contribution is 2.59. The maximum absolute atomic E-state index is 14.3. The number of aromatic amines is 1. The Hall–Kier alpha value is -4.13. The Morgan fingerprint density at radius 3 is 2.33 bits per heavy atom. The van der Waals surface area contributed by atoms with Gasteiger partial charge in [-0.15, -0.1) is 0 Å². The molecule has 12 nitrogen and oxygen atoms in total. The maximum atomic E-state index is 14.3. The van der Waals surface area contributed by atoms with Gasteiger partial charge in [0.05, 0.1) is 0 Å². The highest BCUT2D eigenvalue weighted by molar-refractivity contribution is 7.52. The van der Waals surface area contributed by atoms with Crippen molar-refractivity contribution >= 4 is 42.1 Å². The number of halogens is 2. The summed E-state index contributed by atoms with van der Waals surface area (Å²) in [6, 6.07) is 9.68. The second kappa shape index (κ2) is 11.3. The lowest BCUT2D eigenvalue weighted by molar-refractivity contribution is -0.149. The Bertz CT molecular complexity index is 1730. The Labute approximate surface area is 256 Å². The molecule has 0 aliphatic carbocycles. The van der Waals surface area contributed by atoms with Crippen molar-refractivity contribution in [2.45, 2.75) is 63.1 Å². The van der Waals surface area contributed by atoms with Gasteiger partial charge in [-0.25, -0.2) is 0 Å². The van der Waals surface area contributed by atoms with E-state index in [1.165, 1.54) is 24.0 Å². The number of alkyl halides is 2. The smallest absolute Gasteiger partial charge is 0.351 e. The van der Waals surface area contributed by atoms with Gasteiger partial charge in [0.1, 0.15) is 17.8 Å². The van der Waals surface area contributed by atoms with E-state index in [9.17, 15) is 32.5 Å². The number of nitrogens with one attached hydrogen (secondary N) is 2. The van der Waals surface area contributed by atoms with E-state index in [0.29, 0.717) is 38.9 Å². The fourth-order valence-electron chi connectivity index (χ4n) is 6.56. The van der Waals surface area contributed by atoms with Crippen LogP contribution in [0.5, 0.6) is 0 Å². The molecule has 0 saturated carbocycles. The fourth-order valence-corrected chi connectivity index (χ4v) is 7.03. The number of carbonyl (C=O) groups is 4. The molecule has 1 aromatic heterocycles. The van der Waals surface area contributed by atoms with Crippen molar-refractivity contribution in [2.24, 2.45) is 0 Å². The van der Waals surface area contributed by atoms with Gasteiger partial charge in [0, 0.05) is 55.6 Å². The zero-order chi connectivity index (χ0) is 32.3. The van der Waals surface area contributed by atoms with Crippen LogP contribution in [0.25, 0.3) is 10.9 Å². The lowest BCUT2D eigenvalue weighted by Crippen LogP contribution is -2.61. The van der Waals surface area contributed by atoms with Crippen LogP contribution in [0.2, 0.25) is 0 Å². The van der Waals surface area contributed by atoms with Gasteiger partial charge >= 0.3 is 13.3 Å². The van der Waals surface area contributed by atoms with Crippen LogP contribution in [-0.4, -0.2) is 84.3 Å². The first-order valence-electron chi connectivity index (χ1n) is 14.6. The molecular weight excluding hydrogens is 611 g/mol. The highest BCUT2D eigenvalue weighted by atomic mass is 31.2. The van der Waals surface area contributed by atoms with E-state index in [-0.39, 0.29) is 41.0 Å². The average Bonchev–Trinajstić information content (AvgIpc) is 3.72. The van der Waals surface area contributed by atoms with Crippen molar-refractivity contribution in [1.82, 2.24) is 25.0 Å². The molecule has 2 saturated heterocycles. The zero-order valence-electron chi connectivity index (χ0n) is 24.3. The minimum absolute atomic E-state index is 0.0914. The third kappa shape index (κ3) is 5.62. The van der Waals surface area contributed by atoms with Gasteiger partial charge in [-0.1, -0.05) is 30.3 Å². The molecule has 4 heterocycles. The van der Waals surface area contributed by atoms with Gasteiger partial charge in [-0.2, -0.15) is 8.78 Å². The Morgan fingerprint density at radius 2 is 1.69 bits per heavy atom. The number of H-pyrrole nitrogens is 1. The van der Waals surface area contributed by atoms with E-state index in [2.05, 4.69) is 10.3 Å². The molecule has 3 aliphatic heterocycles. The van der Waals surface area contributed by atoms with Gasteiger partial charge in [0.25, 0.3) is 5.91 Å². The molecule has 238 valence electrons. The second-order valence-corrected chi connectivity index (χ2v) is 13.5. The molecule has 15 heteroatoms. The van der Waals surface area contributed by atoms with Crippen molar-refractivity contribution in [2.75, 3.05) is 13.1 Å². The molecule has 6 rings (SSSR count). The SMILES string of the molecule is CC(=O)N1CC[C@H]2CC[C@@H](C(=O)N3Cc4ccccc4C3)N2C(=O)[C@@H](NC(=O)c2cc3cc(C(F)(F)P(=O)(O)O)ccc3[nH]2)C1. The largest absolute Gasteiger partial charge is 0.399 e. The van der Waals surface area contributed by atoms with Crippen LogP contribution >= 0.6 is 7.60 Å². The Balaban J connectivity index is 1.25. The van der Waals surface area contributed by atoms with Gasteiger partial charge < -0.3 is 34.8 Å². The summed E-state index contributed by atoms with van der Waals surface area (Å²) in [5.41, 5.74) is -3.09. The summed E-state index contributed by atoms with van der Waals surface area (Å²) < 4.78 is 39.9. The quantitative estimate of drug-likeness (QED) is 0.311. The molecule has 2 aromatic carbocycles. The number of fused-ring (bicyclic) bond motifs is 3. The summed E-state index contributed by atoms with van der Waals surface area (Å²) in [4.78, 5) is 79.5. The van der Waals surface area contributed by atoms with Gasteiger partial charge in [0.2, 0.25) is 17.7 Å². The minimum Gasteiger partial charge on any atom is -0.351 e. The molecule has 4 amide bonds. The third-order valence-corrected chi connectivity index (χ3v) is 9.95. The van der Waals surface area contributed by atoms with Crippen molar-refractivity contribution in [3.8, 4) is 0 Å². The summed E-state index contributed by atoms with van der Waals surface area (Å²) in [5, 5.41) is 2.77. The van der Waals surface area contributed by atoms with Crippen LogP contribution in [0.1, 0.15) is 53.4 Å². The average molecular weight is 644 g/mol. The predicted molar refractivity (Wildman–Crippen MR) is 157 cm³/mol. The van der Waals surface area contributed by atoms with Crippen LogP contribution in [0.4, 0.5) is 8.78 Å². The number of hydrogen-bond donors (Lipinski definition) is 4. The first kappa shape index (κ1) is 30.9. The van der Waals surface area contributed by atoms with Crippen LogP contribution < -0.4 is 5.32 Å². The number of carbonyl (C=O) groups excluding carboxylic acids is 4. The lowest BCUT2D eigenvalue weighted by atomic mass is 10.1. The zero-order valence-corrected chi connectivity index (χ0v) is 25.2. The van der Waals surface area contributed by atoms with Crippen LogP contribution in [0.15, 0.2) is 48.5 Å². The number of nitrogens with zero attached hydrogens (tertiary/aromatic N) is 3. The normalized spacial score (nSPS) is 22.2. The standard InChI is InChI=1S/C30H32F2N5O7P/c1-17(38)35-11-10-22-7-9-26(29(41)36-14-18-4-2-3-5-19(18)15-36)37(22)28(40)25(16-35)34-27(39)24-13-20-12-21(6-8-23(20)33-24)30(31,32)45(42,43)44/h2-6,8,12-13,22,25-26,33H,7,9-11,14-16H2,1H3,(H,34,39)(H2,42,43,44)/t22-,25+,26+/m1/s1. The second-order valence-electron chi connectivity index (χ2n) is 11.8. The van der Waals surface area contributed by atoms with Crippen LogP contribution in [0, 0.1) is 0 Å². The van der Waals surface area contributed by atoms with E-state index in [1.54, 1.807) is 9.80 Å². The molecular formula is C30H32F2N5O7P. The first-order chi connectivity index (χ1) is 21.2. The van der Waals surface area contributed by atoms with E-state index >= 15 is 0 Å². The fraction of sp³-hybridized carbons (Fsp3) is 0.400. The summed E-state index contributed by atoms with van der Waals surface area (Å²) in [7, 11) is -5.80. The van der Waals surface area contributed by atoms with Crippen molar-refractivity contribution in [3.05, 3.63) is 70.9 Å². The van der Waals surface area contributed by atoms with Crippen molar-refractivity contribution in [3.63, 3.8) is 0 Å². The molecule has 0 bridgehead atoms. The summed E-state index contributed by atoms with van der Waals surface area (Å²) in [5.74, 6) is -1.70. The number of amides is 4. The predicted octanol–water partition coefficient (Wildman–Crippen LogP) is 2.65. The van der Waals surface area contributed by atoms with E-state index in [1.807, 2.05) is 24.3 Å². The highest BCUT2D eigenvalue weighted by Gasteiger charge is 2.50. The summed E-state index contributed by atoms with van der Waals surface area (Å²) in [6.07, 6.45) is 1.50. The van der Waals surface area contributed by atoms with E-state index in [4.69, 9.17) is 9.79 Å². The Kier molecular flexibility index (Phi) is 7.78. The topological polar surface area (TPSA) is 163 Å². The number of aromatic nitrogens is 1. The molecule has 0 unspecified atom stereocenters. The molecule has 0 spiro atoms. The molecule has 4 N–H and O–H groups in total.